The van der Waals surface area contributed by atoms with Crippen LogP contribution in [0.2, 0.25) is 0 Å². The van der Waals surface area contributed by atoms with Crippen molar-refractivity contribution in [3.63, 3.8) is 0 Å². The molecule has 1 N–H and O–H groups in total. The number of aromatic nitrogens is 2. The number of hydrogen-bond donors (Lipinski definition) is 1. The Labute approximate surface area is 136 Å². The number of rotatable bonds is 4. The van der Waals surface area contributed by atoms with Crippen LogP contribution in [0.4, 0.5) is 8.78 Å². The van der Waals surface area contributed by atoms with Crippen molar-refractivity contribution in [2.45, 2.75) is 13.5 Å². The van der Waals surface area contributed by atoms with E-state index in [1.54, 1.807) is 12.1 Å². The zero-order valence-corrected chi connectivity index (χ0v) is 12.7. The van der Waals surface area contributed by atoms with E-state index < -0.39 is 17.5 Å². The Kier molecular flexibility index (Phi) is 4.33. The molecule has 0 unspecified atom stereocenters. The second-order valence-electron chi connectivity index (χ2n) is 5.25. The van der Waals surface area contributed by atoms with Gasteiger partial charge in [0.1, 0.15) is 11.6 Å². The third kappa shape index (κ3) is 3.62. The number of carbonyl (C=O) groups is 1. The number of benzene rings is 2. The Morgan fingerprint density at radius 3 is 2.46 bits per heavy atom. The number of halogens is 2. The van der Waals surface area contributed by atoms with E-state index in [1.165, 1.54) is 0 Å². The number of nitrogens with zero attached hydrogens (tertiary/aromatic N) is 2. The number of nitrogens with one attached hydrogen (secondary N) is 1. The summed E-state index contributed by atoms with van der Waals surface area (Å²) in [6.07, 6.45) is 0. The lowest BCUT2D eigenvalue weighted by Crippen LogP contribution is -2.24. The highest BCUT2D eigenvalue weighted by atomic mass is 19.1. The minimum Gasteiger partial charge on any atom is -0.345 e. The molecule has 0 saturated carbocycles. The van der Waals surface area contributed by atoms with E-state index >= 15 is 0 Å². The maximum absolute atomic E-state index is 13.1. The van der Waals surface area contributed by atoms with Crippen LogP contribution in [0.3, 0.4) is 0 Å². The fourth-order valence-corrected chi connectivity index (χ4v) is 2.10. The molecule has 1 aromatic heterocycles. The third-order valence-electron chi connectivity index (χ3n) is 3.30. The van der Waals surface area contributed by atoms with Crippen LogP contribution in [-0.2, 0) is 6.54 Å². The van der Waals surface area contributed by atoms with E-state index in [4.69, 9.17) is 4.52 Å². The van der Waals surface area contributed by atoms with Crippen LogP contribution in [0.1, 0.15) is 21.7 Å². The second kappa shape index (κ2) is 6.57. The van der Waals surface area contributed by atoms with Gasteiger partial charge in [0.15, 0.2) is 0 Å². The van der Waals surface area contributed by atoms with Gasteiger partial charge in [-0.1, -0.05) is 22.9 Å². The maximum atomic E-state index is 13.1. The van der Waals surface area contributed by atoms with Crippen molar-refractivity contribution in [1.82, 2.24) is 15.5 Å². The lowest BCUT2D eigenvalue weighted by atomic mass is 10.1. The quantitative estimate of drug-likeness (QED) is 0.798. The van der Waals surface area contributed by atoms with Crippen molar-refractivity contribution in [3.05, 3.63) is 71.1 Å². The lowest BCUT2D eigenvalue weighted by Gasteiger charge is -2.03. The molecule has 0 fully saturated rings. The van der Waals surface area contributed by atoms with Crippen LogP contribution < -0.4 is 5.32 Å². The van der Waals surface area contributed by atoms with E-state index in [9.17, 15) is 13.6 Å². The topological polar surface area (TPSA) is 68.0 Å². The third-order valence-corrected chi connectivity index (χ3v) is 3.30. The normalized spacial score (nSPS) is 10.6. The summed E-state index contributed by atoms with van der Waals surface area (Å²) in [7, 11) is 0. The average Bonchev–Trinajstić information content (AvgIpc) is 3.02. The molecule has 2 aromatic carbocycles. The fourth-order valence-electron chi connectivity index (χ4n) is 2.10. The molecule has 0 bridgehead atoms. The largest absolute Gasteiger partial charge is 0.345 e. The first-order valence-corrected chi connectivity index (χ1v) is 7.15. The highest BCUT2D eigenvalue weighted by Crippen LogP contribution is 2.17. The van der Waals surface area contributed by atoms with Crippen molar-refractivity contribution in [2.75, 3.05) is 0 Å². The molecule has 5 nitrogen and oxygen atoms in total. The van der Waals surface area contributed by atoms with Gasteiger partial charge in [0, 0.05) is 18.2 Å². The van der Waals surface area contributed by atoms with Crippen LogP contribution in [0.15, 0.2) is 47.0 Å². The molecule has 0 spiro atoms. The molecule has 0 saturated heterocycles. The van der Waals surface area contributed by atoms with Crippen molar-refractivity contribution >= 4 is 5.91 Å². The molecule has 24 heavy (non-hydrogen) atoms. The Balaban J connectivity index is 1.68. The number of aryl methyl sites for hydroxylation is 1. The summed E-state index contributed by atoms with van der Waals surface area (Å²) >= 11 is 0. The van der Waals surface area contributed by atoms with E-state index in [0.29, 0.717) is 11.1 Å². The van der Waals surface area contributed by atoms with Gasteiger partial charge in [-0.3, -0.25) is 4.79 Å². The molecule has 0 radical (unpaired) electrons. The van der Waals surface area contributed by atoms with Crippen molar-refractivity contribution in [1.29, 1.82) is 0 Å². The maximum Gasteiger partial charge on any atom is 0.292 e. The first-order chi connectivity index (χ1) is 11.5. The van der Waals surface area contributed by atoms with Crippen LogP contribution in [0, 0.1) is 18.6 Å². The zero-order chi connectivity index (χ0) is 17.1. The van der Waals surface area contributed by atoms with Gasteiger partial charge in [-0.15, -0.1) is 0 Å². The smallest absolute Gasteiger partial charge is 0.292 e. The van der Waals surface area contributed by atoms with Gasteiger partial charge in [0.05, 0.1) is 0 Å². The Morgan fingerprint density at radius 2 is 1.79 bits per heavy atom. The van der Waals surface area contributed by atoms with Gasteiger partial charge < -0.3 is 9.84 Å². The molecule has 0 aliphatic rings. The molecule has 3 aromatic rings. The van der Waals surface area contributed by atoms with Crippen molar-refractivity contribution in [3.8, 4) is 11.5 Å². The van der Waals surface area contributed by atoms with Gasteiger partial charge in [-0.2, -0.15) is 4.98 Å². The highest BCUT2D eigenvalue weighted by Gasteiger charge is 2.15. The van der Waals surface area contributed by atoms with Crippen LogP contribution in [0.5, 0.6) is 0 Å². The Bertz CT molecular complexity index is 856. The Morgan fingerprint density at radius 1 is 1.12 bits per heavy atom. The highest BCUT2D eigenvalue weighted by molar-refractivity contribution is 5.90. The summed E-state index contributed by atoms with van der Waals surface area (Å²) < 4.78 is 31.3. The van der Waals surface area contributed by atoms with E-state index in [0.717, 1.165) is 23.8 Å². The molecular formula is C17H13F2N3O2. The fraction of sp³-hybridized carbons (Fsp3) is 0.118. The first kappa shape index (κ1) is 15.8. The molecule has 1 amide bonds. The second-order valence-corrected chi connectivity index (χ2v) is 5.25. The van der Waals surface area contributed by atoms with Gasteiger partial charge in [-0.05, 0) is 36.8 Å². The minimum atomic E-state index is -0.708. The van der Waals surface area contributed by atoms with Crippen LogP contribution >= 0.6 is 0 Å². The van der Waals surface area contributed by atoms with E-state index in [2.05, 4.69) is 15.5 Å². The van der Waals surface area contributed by atoms with Crippen LogP contribution in [-0.4, -0.2) is 16.0 Å². The zero-order valence-electron chi connectivity index (χ0n) is 12.7. The lowest BCUT2D eigenvalue weighted by molar-refractivity contribution is 0.0937. The van der Waals surface area contributed by atoms with Gasteiger partial charge in [-0.25, -0.2) is 8.78 Å². The van der Waals surface area contributed by atoms with E-state index in [1.807, 2.05) is 19.1 Å². The molecule has 0 aliphatic carbocycles. The van der Waals surface area contributed by atoms with Gasteiger partial charge in [0.2, 0.25) is 0 Å². The predicted octanol–water partition coefficient (Wildman–Crippen LogP) is 3.25. The minimum absolute atomic E-state index is 0.0537. The summed E-state index contributed by atoms with van der Waals surface area (Å²) in [4.78, 5) is 16.0. The average molecular weight is 329 g/mol. The van der Waals surface area contributed by atoms with Crippen molar-refractivity contribution < 1.29 is 18.1 Å². The molecular weight excluding hydrogens is 316 g/mol. The summed E-state index contributed by atoms with van der Waals surface area (Å²) in [5.41, 5.74) is 2.07. The number of carbonyl (C=O) groups excluding carboxylic acids is 1. The monoisotopic (exact) mass is 329 g/mol. The van der Waals surface area contributed by atoms with Crippen molar-refractivity contribution in [2.24, 2.45) is 0 Å². The molecule has 3 rings (SSSR count). The standard InChI is InChI=1S/C17H13F2N3O2/c1-10-2-4-12(5-3-10)17-21-15(22-24-17)16(23)20-9-11-6-13(18)8-14(19)7-11/h2-8H,9H2,1H3,(H,20,23). The van der Waals surface area contributed by atoms with Crippen LogP contribution in [0.25, 0.3) is 11.5 Å². The molecule has 7 heteroatoms. The van der Waals surface area contributed by atoms with Gasteiger partial charge in [0.25, 0.3) is 17.6 Å². The molecule has 0 aliphatic heterocycles. The summed E-state index contributed by atoms with van der Waals surface area (Å²) in [5.74, 6) is -1.94. The molecule has 0 atom stereocenters. The molecule has 122 valence electrons. The molecule has 1 heterocycles. The van der Waals surface area contributed by atoms with E-state index in [-0.39, 0.29) is 18.3 Å². The number of hydrogen-bond acceptors (Lipinski definition) is 4. The summed E-state index contributed by atoms with van der Waals surface area (Å²) in [6, 6.07) is 10.4. The SMILES string of the molecule is Cc1ccc(-c2nc(C(=O)NCc3cc(F)cc(F)c3)no2)cc1. The van der Waals surface area contributed by atoms with Gasteiger partial charge >= 0.3 is 0 Å². The summed E-state index contributed by atoms with van der Waals surface area (Å²) in [6.45, 7) is 1.90. The first-order valence-electron chi connectivity index (χ1n) is 7.15. The number of amides is 1. The predicted molar refractivity (Wildman–Crippen MR) is 82.0 cm³/mol. The summed E-state index contributed by atoms with van der Waals surface area (Å²) in [5, 5.41) is 6.10. The Hall–Kier alpha value is -3.09.